The number of hydrogen-bond donors (Lipinski definition) is 1. The molecule has 0 aromatic heterocycles. The van der Waals surface area contributed by atoms with Crippen LogP contribution in [0.4, 0.5) is 5.69 Å². The Kier molecular flexibility index (Phi) is 9.20. The Morgan fingerprint density at radius 3 is 2.52 bits per heavy atom. The van der Waals surface area contributed by atoms with E-state index in [1.165, 1.54) is 0 Å². The molecule has 3 fully saturated rings. The summed E-state index contributed by atoms with van der Waals surface area (Å²) in [6, 6.07) is 5.02. The zero-order valence-electron chi connectivity index (χ0n) is 24.2. The maximum atomic E-state index is 14.7. The van der Waals surface area contributed by atoms with Crippen LogP contribution in [0.2, 0.25) is 0 Å². The van der Waals surface area contributed by atoms with Gasteiger partial charge >= 0.3 is 5.97 Å². The monoisotopic (exact) mass is 552 g/mol. The third-order valence-electron chi connectivity index (χ3n) is 8.91. The molecule has 0 saturated carbocycles. The largest absolute Gasteiger partial charge is 0.465 e. The molecule has 1 N–H and O–H groups in total. The standard InChI is InChI=1S/C32H44N2O6/c1-6-8-12-21-39-30(38)25-24-28(36)34(19-10-9-11-20-35)27(32(24)17-16-31(25,5)40-32)29(37)33(18-7-2)26-22(3)14-13-15-23(26)4/h6-7,13-15,24-25,27,35H,1-2,8-12,16-21H2,3-5H3/t24-,25+,27?,31-,32?/m0/s1. The number of unbranched alkanes of at least 4 members (excludes halogenated alkanes) is 3. The number of rotatable bonds is 14. The van der Waals surface area contributed by atoms with E-state index < -0.39 is 35.0 Å². The highest BCUT2D eigenvalue weighted by Gasteiger charge is 2.78. The maximum Gasteiger partial charge on any atom is 0.312 e. The summed E-state index contributed by atoms with van der Waals surface area (Å²) in [4.78, 5) is 45.7. The van der Waals surface area contributed by atoms with Gasteiger partial charge in [-0.3, -0.25) is 14.4 Å². The fourth-order valence-corrected chi connectivity index (χ4v) is 7.16. The molecule has 1 spiro atoms. The summed E-state index contributed by atoms with van der Waals surface area (Å²) < 4.78 is 12.4. The number of likely N-dealkylation sites (tertiary alicyclic amines) is 1. The Bertz CT molecular complexity index is 1130. The minimum absolute atomic E-state index is 0.0732. The predicted octanol–water partition coefficient (Wildman–Crippen LogP) is 4.26. The average molecular weight is 553 g/mol. The summed E-state index contributed by atoms with van der Waals surface area (Å²) in [5.74, 6) is -2.44. The molecule has 2 unspecified atom stereocenters. The summed E-state index contributed by atoms with van der Waals surface area (Å²) in [5, 5.41) is 9.28. The van der Waals surface area contributed by atoms with Gasteiger partial charge in [-0.25, -0.2) is 0 Å². The van der Waals surface area contributed by atoms with E-state index in [2.05, 4.69) is 13.2 Å². The summed E-state index contributed by atoms with van der Waals surface area (Å²) >= 11 is 0. The minimum Gasteiger partial charge on any atom is -0.465 e. The van der Waals surface area contributed by atoms with Crippen LogP contribution in [0.1, 0.15) is 63.0 Å². The normalized spacial score (nSPS) is 28.4. The number of ether oxygens (including phenoxy) is 2. The lowest BCUT2D eigenvalue weighted by molar-refractivity contribution is -0.159. The molecule has 8 heteroatoms. The molecular formula is C32H44N2O6. The van der Waals surface area contributed by atoms with Gasteiger partial charge in [0.25, 0.3) is 5.91 Å². The van der Waals surface area contributed by atoms with Gasteiger partial charge in [-0.1, -0.05) is 30.4 Å². The number of anilines is 1. The summed E-state index contributed by atoms with van der Waals surface area (Å²) in [7, 11) is 0. The number of aliphatic hydroxyl groups is 1. The number of para-hydroxylation sites is 1. The van der Waals surface area contributed by atoms with Crippen LogP contribution in [0.15, 0.2) is 43.5 Å². The molecular weight excluding hydrogens is 508 g/mol. The van der Waals surface area contributed by atoms with Crippen molar-refractivity contribution in [1.82, 2.24) is 4.90 Å². The SMILES string of the molecule is C=CCCCOC(=O)[C@H]1[C@H]2C(=O)N(CCCCCO)C(C(=O)N(CC=C)c3c(C)cccc3C)C23CC[C@]1(C)O3. The molecule has 0 aliphatic carbocycles. The first-order chi connectivity index (χ1) is 19.2. The molecule has 3 aliphatic heterocycles. The molecule has 1 aromatic rings. The highest BCUT2D eigenvalue weighted by molar-refractivity contribution is 6.05. The molecule has 0 radical (unpaired) electrons. The first kappa shape index (κ1) is 30.0. The van der Waals surface area contributed by atoms with Crippen molar-refractivity contribution in [1.29, 1.82) is 0 Å². The Balaban J connectivity index is 1.74. The van der Waals surface area contributed by atoms with Gasteiger partial charge in [-0.2, -0.15) is 0 Å². The lowest BCUT2D eigenvalue weighted by Gasteiger charge is -2.37. The van der Waals surface area contributed by atoms with Gasteiger partial charge in [-0.05, 0) is 76.8 Å². The number of fused-ring (bicyclic) bond motifs is 1. The van der Waals surface area contributed by atoms with Crippen LogP contribution in [-0.4, -0.2) is 71.3 Å². The van der Waals surface area contributed by atoms with E-state index in [4.69, 9.17) is 9.47 Å². The smallest absolute Gasteiger partial charge is 0.312 e. The van der Waals surface area contributed by atoms with E-state index in [1.807, 2.05) is 39.0 Å². The summed E-state index contributed by atoms with van der Waals surface area (Å²) in [5.41, 5.74) is 0.720. The number of esters is 1. The molecule has 3 heterocycles. The number of aryl methyl sites for hydroxylation is 2. The van der Waals surface area contributed by atoms with Crippen LogP contribution in [0.25, 0.3) is 0 Å². The topological polar surface area (TPSA) is 96.4 Å². The van der Waals surface area contributed by atoms with Crippen molar-refractivity contribution in [3.63, 3.8) is 0 Å². The van der Waals surface area contributed by atoms with Crippen molar-refractivity contribution in [3.8, 4) is 0 Å². The molecule has 40 heavy (non-hydrogen) atoms. The molecule has 5 atom stereocenters. The molecule has 2 amide bonds. The van der Waals surface area contributed by atoms with Gasteiger partial charge in [0.05, 0.1) is 18.1 Å². The van der Waals surface area contributed by atoms with Gasteiger partial charge in [0.1, 0.15) is 17.6 Å². The molecule has 4 rings (SSSR count). The Morgan fingerprint density at radius 1 is 1.15 bits per heavy atom. The molecule has 1 aromatic carbocycles. The van der Waals surface area contributed by atoms with Gasteiger partial charge in [0.2, 0.25) is 5.91 Å². The number of aliphatic hydroxyl groups excluding tert-OH is 1. The number of allylic oxidation sites excluding steroid dienone is 1. The van der Waals surface area contributed by atoms with Crippen LogP contribution in [-0.2, 0) is 23.9 Å². The zero-order chi connectivity index (χ0) is 29.1. The molecule has 8 nitrogen and oxygen atoms in total. The van der Waals surface area contributed by atoms with Crippen LogP contribution in [0.5, 0.6) is 0 Å². The van der Waals surface area contributed by atoms with Gasteiger partial charge in [0, 0.05) is 25.4 Å². The summed E-state index contributed by atoms with van der Waals surface area (Å²) in [6.07, 6.45) is 7.92. The Morgan fingerprint density at radius 2 is 1.88 bits per heavy atom. The number of amides is 2. The fraction of sp³-hybridized carbons (Fsp3) is 0.594. The van der Waals surface area contributed by atoms with Crippen molar-refractivity contribution in [2.45, 2.75) is 83.0 Å². The van der Waals surface area contributed by atoms with Crippen LogP contribution in [0.3, 0.4) is 0 Å². The quantitative estimate of drug-likeness (QED) is 0.211. The number of carbonyl (C=O) groups is 3. The van der Waals surface area contributed by atoms with Gasteiger partial charge in [0.15, 0.2) is 0 Å². The van der Waals surface area contributed by atoms with E-state index in [-0.39, 0.29) is 31.6 Å². The highest BCUT2D eigenvalue weighted by Crippen LogP contribution is 2.63. The average Bonchev–Trinajstić information content (AvgIpc) is 3.48. The van der Waals surface area contributed by atoms with Gasteiger partial charge in [-0.15, -0.1) is 13.2 Å². The zero-order valence-corrected chi connectivity index (χ0v) is 24.2. The van der Waals surface area contributed by atoms with E-state index in [0.717, 1.165) is 29.7 Å². The van der Waals surface area contributed by atoms with Crippen molar-refractivity contribution in [2.24, 2.45) is 11.8 Å². The van der Waals surface area contributed by atoms with E-state index in [1.54, 1.807) is 22.0 Å². The molecule has 3 aliphatic rings. The first-order valence-electron chi connectivity index (χ1n) is 14.5. The number of benzene rings is 1. The van der Waals surface area contributed by atoms with Crippen molar-refractivity contribution < 1.29 is 29.0 Å². The molecule has 3 saturated heterocycles. The van der Waals surface area contributed by atoms with Crippen LogP contribution in [0, 0.1) is 25.7 Å². The number of nitrogens with zero attached hydrogens (tertiary/aromatic N) is 2. The number of hydrogen-bond acceptors (Lipinski definition) is 6. The Hall–Kier alpha value is -2.97. The second-order valence-corrected chi connectivity index (χ2v) is 11.6. The highest BCUT2D eigenvalue weighted by atomic mass is 16.6. The third kappa shape index (κ3) is 5.12. The van der Waals surface area contributed by atoms with Crippen molar-refractivity contribution >= 4 is 23.5 Å². The maximum absolute atomic E-state index is 14.7. The van der Waals surface area contributed by atoms with Crippen molar-refractivity contribution in [3.05, 3.63) is 54.6 Å². The van der Waals surface area contributed by atoms with E-state index in [9.17, 15) is 19.5 Å². The van der Waals surface area contributed by atoms with Gasteiger partial charge < -0.3 is 24.4 Å². The van der Waals surface area contributed by atoms with E-state index in [0.29, 0.717) is 38.6 Å². The molecule has 218 valence electrons. The second-order valence-electron chi connectivity index (χ2n) is 11.6. The third-order valence-corrected chi connectivity index (χ3v) is 8.91. The first-order valence-corrected chi connectivity index (χ1v) is 14.5. The van der Waals surface area contributed by atoms with Crippen molar-refractivity contribution in [2.75, 3.05) is 31.2 Å². The lowest BCUT2D eigenvalue weighted by atomic mass is 9.66. The van der Waals surface area contributed by atoms with Crippen LogP contribution < -0.4 is 4.90 Å². The predicted molar refractivity (Wildman–Crippen MR) is 154 cm³/mol. The minimum atomic E-state index is -1.11. The summed E-state index contributed by atoms with van der Waals surface area (Å²) in [6.45, 7) is 14.4. The second kappa shape index (κ2) is 12.3. The fourth-order valence-electron chi connectivity index (χ4n) is 7.16. The van der Waals surface area contributed by atoms with E-state index >= 15 is 0 Å². The lowest BCUT2D eigenvalue weighted by Crippen LogP contribution is -2.56. The van der Waals surface area contributed by atoms with Crippen LogP contribution >= 0.6 is 0 Å². The Labute approximate surface area is 238 Å². The number of carbonyl (C=O) groups excluding carboxylic acids is 3. The molecule has 2 bridgehead atoms.